The van der Waals surface area contributed by atoms with E-state index >= 15 is 0 Å². The Morgan fingerprint density at radius 3 is 2.85 bits per heavy atom. The number of H-pyrrole nitrogens is 1. The lowest BCUT2D eigenvalue weighted by molar-refractivity contribution is -0.117. The number of imidazole rings is 1. The highest BCUT2D eigenvalue weighted by molar-refractivity contribution is 6.30. The summed E-state index contributed by atoms with van der Waals surface area (Å²) in [6.07, 6.45) is 11.7. The fourth-order valence-corrected chi connectivity index (χ4v) is 4.95. The molecule has 1 atom stereocenters. The molecule has 2 aromatic carbocycles. The summed E-state index contributed by atoms with van der Waals surface area (Å²) in [7, 11) is 1.34. The third-order valence-electron chi connectivity index (χ3n) is 6.75. The van der Waals surface area contributed by atoms with Gasteiger partial charge in [-0.25, -0.2) is 9.78 Å². The number of aryl methyl sites for hydroxylation is 1. The van der Waals surface area contributed by atoms with Gasteiger partial charge < -0.3 is 15.0 Å². The van der Waals surface area contributed by atoms with Crippen molar-refractivity contribution in [1.29, 1.82) is 0 Å². The van der Waals surface area contributed by atoms with Crippen LogP contribution in [0.4, 0.5) is 10.5 Å². The van der Waals surface area contributed by atoms with Crippen LogP contribution in [0.3, 0.4) is 0 Å². The normalized spacial score (nSPS) is 15.5. The number of methoxy groups -OCH3 is 1. The Labute approximate surface area is 236 Å². The molecule has 3 N–H and O–H groups in total. The molecule has 1 unspecified atom stereocenters. The first-order valence-corrected chi connectivity index (χ1v) is 13.4. The largest absolute Gasteiger partial charge is 0.453 e. The van der Waals surface area contributed by atoms with Gasteiger partial charge in [0.05, 0.1) is 24.5 Å². The average molecular weight is 561 g/mol. The highest BCUT2D eigenvalue weighted by atomic mass is 35.5. The Hall–Kier alpha value is -4.51. The molecule has 0 fully saturated rings. The van der Waals surface area contributed by atoms with E-state index in [9.17, 15) is 9.59 Å². The molecule has 0 aliphatic carbocycles. The summed E-state index contributed by atoms with van der Waals surface area (Å²) in [6.45, 7) is 0. The fourth-order valence-electron chi connectivity index (χ4n) is 4.77. The minimum absolute atomic E-state index is 0.253. The van der Waals surface area contributed by atoms with Crippen molar-refractivity contribution in [1.82, 2.24) is 35.5 Å². The zero-order valence-corrected chi connectivity index (χ0v) is 22.7. The summed E-state index contributed by atoms with van der Waals surface area (Å²) >= 11 is 6.20. The van der Waals surface area contributed by atoms with E-state index in [2.05, 4.69) is 31.1 Å². The van der Waals surface area contributed by atoms with E-state index in [1.54, 1.807) is 24.3 Å². The number of nitrogens with zero attached hydrogens (tertiary/aromatic N) is 5. The van der Waals surface area contributed by atoms with Crippen molar-refractivity contribution in [3.63, 3.8) is 0 Å². The van der Waals surface area contributed by atoms with Crippen LogP contribution in [0, 0.1) is 0 Å². The molecule has 0 saturated carbocycles. The van der Waals surface area contributed by atoms with Crippen molar-refractivity contribution >= 4 is 35.4 Å². The lowest BCUT2D eigenvalue weighted by atomic mass is 9.97. The maximum absolute atomic E-state index is 13.0. The van der Waals surface area contributed by atoms with Crippen LogP contribution >= 0.6 is 11.6 Å². The lowest BCUT2D eigenvalue weighted by Gasteiger charge is -2.17. The first kappa shape index (κ1) is 27.1. The van der Waals surface area contributed by atoms with Gasteiger partial charge in [0.25, 0.3) is 0 Å². The monoisotopic (exact) mass is 560 g/mol. The Bertz CT molecular complexity index is 1520. The highest BCUT2D eigenvalue weighted by Crippen LogP contribution is 2.30. The molecule has 12 heteroatoms. The molecule has 0 radical (unpaired) electrons. The molecular weight excluding hydrogens is 532 g/mol. The molecule has 2 amide bonds. The van der Waals surface area contributed by atoms with Crippen LogP contribution in [0.5, 0.6) is 0 Å². The predicted molar refractivity (Wildman–Crippen MR) is 151 cm³/mol. The quantitative estimate of drug-likeness (QED) is 0.283. The second kappa shape index (κ2) is 12.6. The number of fused-ring (bicyclic) bond motifs is 4. The number of nitrogens with one attached hydrogen (secondary N) is 3. The van der Waals surface area contributed by atoms with Gasteiger partial charge in [-0.15, -0.1) is 5.10 Å². The number of aromatic amines is 1. The standard InChI is InChI=1S/C28H29ClN8O3/c1-40-28(39)32-21-10-11-22-18(15-21)6-4-2-3-5-7-23(27-30-16-24(22)34-27)33-26(38)13-8-19-14-20(29)9-12-25(19)37-17-31-35-36-37/h8-17,23H,2-7H2,1H3,(H,30,34)(H,32,39)(H,33,38)/b13-8+. The van der Waals surface area contributed by atoms with Crippen molar-refractivity contribution in [2.45, 2.75) is 44.6 Å². The first-order valence-electron chi connectivity index (χ1n) is 13.1. The Morgan fingerprint density at radius 2 is 2.02 bits per heavy atom. The smallest absolute Gasteiger partial charge is 0.411 e. The molecule has 40 heavy (non-hydrogen) atoms. The summed E-state index contributed by atoms with van der Waals surface area (Å²) in [5, 5.41) is 17.7. The summed E-state index contributed by atoms with van der Waals surface area (Å²) in [5.74, 6) is 0.439. The molecule has 206 valence electrons. The highest BCUT2D eigenvalue weighted by Gasteiger charge is 2.20. The topological polar surface area (TPSA) is 140 Å². The Kier molecular flexibility index (Phi) is 8.50. The zero-order chi connectivity index (χ0) is 27.9. The molecule has 5 rings (SSSR count). The van der Waals surface area contributed by atoms with Crippen molar-refractivity contribution in [3.8, 4) is 16.9 Å². The van der Waals surface area contributed by atoms with E-state index in [1.807, 2.05) is 24.4 Å². The van der Waals surface area contributed by atoms with Gasteiger partial charge in [0.1, 0.15) is 12.2 Å². The third-order valence-corrected chi connectivity index (χ3v) is 6.98. The summed E-state index contributed by atoms with van der Waals surface area (Å²) < 4.78 is 6.24. The third kappa shape index (κ3) is 6.55. The Balaban J connectivity index is 1.36. The molecule has 11 nitrogen and oxygen atoms in total. The first-order chi connectivity index (χ1) is 19.5. The number of anilines is 1. The average Bonchev–Trinajstić information content (AvgIpc) is 3.66. The SMILES string of the molecule is COC(=O)Nc1ccc2c(c1)CCCCCCC(NC(=O)/C=C/c1cc(Cl)ccc1-n1cnnn1)c1nc-2c[nH]1. The number of rotatable bonds is 5. The van der Waals surface area contributed by atoms with Crippen LogP contribution in [0.15, 0.2) is 55.0 Å². The maximum Gasteiger partial charge on any atom is 0.411 e. The van der Waals surface area contributed by atoms with Gasteiger partial charge in [0.15, 0.2) is 0 Å². The van der Waals surface area contributed by atoms with Crippen molar-refractivity contribution in [3.05, 3.63) is 77.0 Å². The molecule has 0 spiro atoms. The van der Waals surface area contributed by atoms with Gasteiger partial charge in [-0.2, -0.15) is 4.68 Å². The minimum Gasteiger partial charge on any atom is -0.453 e. The van der Waals surface area contributed by atoms with Crippen molar-refractivity contribution < 1.29 is 14.3 Å². The van der Waals surface area contributed by atoms with Crippen LogP contribution < -0.4 is 10.6 Å². The number of hydrogen-bond donors (Lipinski definition) is 3. The number of ether oxygens (including phenoxy) is 1. The van der Waals surface area contributed by atoms with Gasteiger partial charge in [-0.1, -0.05) is 36.9 Å². The molecule has 2 aromatic heterocycles. The predicted octanol–water partition coefficient (Wildman–Crippen LogP) is 5.26. The van der Waals surface area contributed by atoms with Crippen LogP contribution in [0.2, 0.25) is 5.02 Å². The number of tetrazole rings is 1. The molecule has 1 aliphatic rings. The molecule has 0 saturated heterocycles. The molecule has 1 aliphatic heterocycles. The van der Waals surface area contributed by atoms with Gasteiger partial charge in [-0.05, 0) is 71.7 Å². The number of halogens is 1. The van der Waals surface area contributed by atoms with E-state index in [0.29, 0.717) is 27.8 Å². The van der Waals surface area contributed by atoms with E-state index in [0.717, 1.165) is 55.3 Å². The number of carbonyl (C=O) groups is 2. The minimum atomic E-state index is -0.509. The molecule has 4 aromatic rings. The van der Waals surface area contributed by atoms with Crippen LogP contribution in [0.1, 0.15) is 55.1 Å². The number of carbonyl (C=O) groups excluding carboxylic acids is 2. The number of benzene rings is 2. The molecule has 3 heterocycles. The number of aromatic nitrogens is 6. The Morgan fingerprint density at radius 1 is 1.15 bits per heavy atom. The molecular formula is C28H29ClN8O3. The number of amides is 2. The summed E-state index contributed by atoms with van der Waals surface area (Å²) in [6, 6.07) is 10.8. The van der Waals surface area contributed by atoms with E-state index in [-0.39, 0.29) is 11.9 Å². The van der Waals surface area contributed by atoms with E-state index in [1.165, 1.54) is 24.2 Å². The van der Waals surface area contributed by atoms with Crippen molar-refractivity contribution in [2.24, 2.45) is 0 Å². The second-order valence-corrected chi connectivity index (χ2v) is 9.90. The summed E-state index contributed by atoms with van der Waals surface area (Å²) in [4.78, 5) is 32.9. The van der Waals surface area contributed by atoms with Crippen LogP contribution in [0.25, 0.3) is 23.0 Å². The van der Waals surface area contributed by atoms with E-state index < -0.39 is 6.09 Å². The summed E-state index contributed by atoms with van der Waals surface area (Å²) in [5.41, 5.74) is 4.94. The fraction of sp³-hybridized carbons (Fsp3) is 0.286. The zero-order valence-electron chi connectivity index (χ0n) is 21.9. The maximum atomic E-state index is 13.0. The van der Waals surface area contributed by atoms with Gasteiger partial charge in [0.2, 0.25) is 5.91 Å². The second-order valence-electron chi connectivity index (χ2n) is 9.46. The molecule has 2 bridgehead atoms. The van der Waals surface area contributed by atoms with Gasteiger partial charge in [0, 0.05) is 34.1 Å². The number of hydrogen-bond acceptors (Lipinski definition) is 7. The van der Waals surface area contributed by atoms with Crippen molar-refractivity contribution in [2.75, 3.05) is 12.4 Å². The van der Waals surface area contributed by atoms with Crippen LogP contribution in [-0.4, -0.2) is 49.3 Å². The lowest BCUT2D eigenvalue weighted by Crippen LogP contribution is -2.27. The van der Waals surface area contributed by atoms with Crippen LogP contribution in [-0.2, 0) is 16.0 Å². The van der Waals surface area contributed by atoms with Gasteiger partial charge >= 0.3 is 6.09 Å². The van der Waals surface area contributed by atoms with Gasteiger partial charge in [-0.3, -0.25) is 10.1 Å². The van der Waals surface area contributed by atoms with E-state index in [4.69, 9.17) is 21.3 Å².